The quantitative estimate of drug-likeness (QED) is 0.122. The highest BCUT2D eigenvalue weighted by molar-refractivity contribution is 14.1. The van der Waals surface area contributed by atoms with E-state index in [0.717, 1.165) is 3.57 Å². The van der Waals surface area contributed by atoms with Crippen molar-refractivity contribution in [1.82, 2.24) is 4.98 Å². The van der Waals surface area contributed by atoms with Crippen molar-refractivity contribution in [1.29, 1.82) is 0 Å². The first-order chi connectivity index (χ1) is 17.3. The number of amides is 1. The third-order valence-electron chi connectivity index (χ3n) is 5.30. The summed E-state index contributed by atoms with van der Waals surface area (Å²) in [4.78, 5) is 28.3. The lowest BCUT2D eigenvalue weighted by molar-refractivity contribution is -0.384. The van der Waals surface area contributed by atoms with Gasteiger partial charge in [-0.05, 0) is 83.3 Å². The number of anilines is 1. The topological polar surface area (TPSA) is 121 Å². The van der Waals surface area contributed by atoms with Crippen molar-refractivity contribution in [3.05, 3.63) is 91.2 Å². The molecule has 0 aliphatic heterocycles. The summed E-state index contributed by atoms with van der Waals surface area (Å²) in [6, 6.07) is 17.9. The minimum Gasteiger partial charge on any atom is -0.497 e. The monoisotopic (exact) mass is 615 g/mol. The number of methoxy groups -OCH3 is 1. The molecule has 36 heavy (non-hydrogen) atoms. The maximum absolute atomic E-state index is 12.8. The number of nitro benzene ring substituents is 1. The number of furan rings is 1. The number of hydrogen-bond donors (Lipinski definition) is 1. The van der Waals surface area contributed by atoms with Crippen LogP contribution in [0, 0.1) is 13.7 Å². The summed E-state index contributed by atoms with van der Waals surface area (Å²) in [5.41, 5.74) is 2.23. The maximum atomic E-state index is 12.8. The van der Waals surface area contributed by atoms with E-state index in [-0.39, 0.29) is 22.8 Å². The van der Waals surface area contributed by atoms with Crippen molar-refractivity contribution >= 4 is 62.6 Å². The van der Waals surface area contributed by atoms with Gasteiger partial charge in [0.25, 0.3) is 11.6 Å². The van der Waals surface area contributed by atoms with Crippen molar-refractivity contribution in [2.45, 2.75) is 0 Å². The molecule has 1 N–H and O–H groups in total. The highest BCUT2D eigenvalue weighted by Crippen LogP contribution is 2.35. The van der Waals surface area contributed by atoms with Gasteiger partial charge in [-0.1, -0.05) is 11.6 Å². The number of carbonyl (C=O) groups excluding carboxylic acids is 1. The second-order valence-corrected chi connectivity index (χ2v) is 9.24. The molecule has 180 valence electrons. The van der Waals surface area contributed by atoms with Crippen molar-refractivity contribution in [2.75, 3.05) is 12.4 Å². The molecule has 5 aromatic rings. The van der Waals surface area contributed by atoms with E-state index in [1.54, 1.807) is 30.3 Å². The molecule has 11 heteroatoms. The van der Waals surface area contributed by atoms with Gasteiger partial charge in [-0.15, -0.1) is 0 Å². The van der Waals surface area contributed by atoms with Gasteiger partial charge in [0, 0.05) is 9.26 Å². The molecular weight excluding hydrogens is 601 g/mol. The average Bonchev–Trinajstić information content (AvgIpc) is 3.52. The third-order valence-corrected chi connectivity index (χ3v) is 6.30. The zero-order valence-corrected chi connectivity index (χ0v) is 21.4. The predicted molar refractivity (Wildman–Crippen MR) is 142 cm³/mol. The van der Waals surface area contributed by atoms with Crippen LogP contribution in [0.1, 0.15) is 10.6 Å². The Morgan fingerprint density at radius 3 is 2.67 bits per heavy atom. The molecule has 0 saturated heterocycles. The van der Waals surface area contributed by atoms with Crippen LogP contribution in [0.4, 0.5) is 11.4 Å². The largest absolute Gasteiger partial charge is 0.497 e. The predicted octanol–water partition coefficient (Wildman–Crippen LogP) is 7.18. The molecule has 0 bridgehead atoms. The number of nitro groups is 1. The van der Waals surface area contributed by atoms with Gasteiger partial charge in [-0.3, -0.25) is 14.9 Å². The van der Waals surface area contributed by atoms with Crippen molar-refractivity contribution in [2.24, 2.45) is 0 Å². The summed E-state index contributed by atoms with van der Waals surface area (Å²) < 4.78 is 17.5. The van der Waals surface area contributed by atoms with E-state index in [0.29, 0.717) is 39.0 Å². The minimum atomic E-state index is -0.537. The van der Waals surface area contributed by atoms with E-state index in [1.165, 1.54) is 31.4 Å². The Balaban J connectivity index is 1.39. The lowest BCUT2D eigenvalue weighted by atomic mass is 10.1. The number of fused-ring (bicyclic) bond motifs is 1. The number of nitrogens with one attached hydrogen (secondary N) is 1. The number of carbonyl (C=O) groups is 1. The summed E-state index contributed by atoms with van der Waals surface area (Å²) in [5.74, 6) is 0.350. The number of hydrogen-bond acceptors (Lipinski definition) is 7. The third kappa shape index (κ3) is 4.64. The van der Waals surface area contributed by atoms with Gasteiger partial charge < -0.3 is 18.9 Å². The first kappa shape index (κ1) is 23.8. The summed E-state index contributed by atoms with van der Waals surface area (Å²) in [7, 11) is 1.42. The molecule has 9 nitrogen and oxygen atoms in total. The summed E-state index contributed by atoms with van der Waals surface area (Å²) in [6.45, 7) is 0. The normalized spacial score (nSPS) is 11.0. The molecule has 3 aromatic carbocycles. The Hall–Kier alpha value is -3.90. The van der Waals surface area contributed by atoms with Crippen LogP contribution in [0.3, 0.4) is 0 Å². The van der Waals surface area contributed by atoms with E-state index in [4.69, 9.17) is 25.2 Å². The van der Waals surface area contributed by atoms with E-state index >= 15 is 0 Å². The van der Waals surface area contributed by atoms with Gasteiger partial charge in [-0.2, -0.15) is 0 Å². The SMILES string of the molecule is COc1ccc(-c2ccc(C(=O)Nc3ccc4oc(-c5cc(I)ccc5Cl)nc4c3)o2)c([N+](=O)[O-])c1. The Bertz CT molecular complexity index is 1640. The molecule has 5 rings (SSSR count). The van der Waals surface area contributed by atoms with Gasteiger partial charge in [0.05, 0.1) is 34.2 Å². The Labute approximate surface area is 222 Å². The molecule has 0 spiro atoms. The van der Waals surface area contributed by atoms with Crippen LogP contribution >= 0.6 is 34.2 Å². The molecule has 0 saturated carbocycles. The van der Waals surface area contributed by atoms with Crippen LogP contribution in [0.5, 0.6) is 5.75 Å². The van der Waals surface area contributed by atoms with Gasteiger partial charge in [0.1, 0.15) is 17.0 Å². The molecule has 0 aliphatic carbocycles. The number of benzene rings is 3. The van der Waals surface area contributed by atoms with E-state index in [1.807, 2.05) is 12.1 Å². The van der Waals surface area contributed by atoms with Crippen LogP contribution < -0.4 is 10.1 Å². The minimum absolute atomic E-state index is 0.0123. The molecule has 0 aliphatic rings. The lowest BCUT2D eigenvalue weighted by Crippen LogP contribution is -2.10. The Morgan fingerprint density at radius 2 is 1.89 bits per heavy atom. The van der Waals surface area contributed by atoms with Crippen LogP contribution in [-0.2, 0) is 0 Å². The lowest BCUT2D eigenvalue weighted by Gasteiger charge is -2.04. The number of oxazole rings is 1. The standard InChI is InChI=1S/C25H15ClIN3O6/c1-34-15-4-5-16(20(12-15)30(32)33)21-8-9-23(35-21)24(31)28-14-3-7-22-19(11-14)29-25(36-22)17-10-13(27)2-6-18(17)26/h2-12H,1H3,(H,28,31). The molecule has 0 fully saturated rings. The number of aromatic nitrogens is 1. The summed E-state index contributed by atoms with van der Waals surface area (Å²) in [6.07, 6.45) is 0. The van der Waals surface area contributed by atoms with E-state index in [9.17, 15) is 14.9 Å². The Morgan fingerprint density at radius 1 is 1.06 bits per heavy atom. The second kappa shape index (κ2) is 9.63. The van der Waals surface area contributed by atoms with Crippen LogP contribution in [-0.4, -0.2) is 22.9 Å². The first-order valence-electron chi connectivity index (χ1n) is 10.4. The number of ether oxygens (including phenoxy) is 1. The smallest absolute Gasteiger partial charge is 0.291 e. The van der Waals surface area contributed by atoms with Crippen LogP contribution in [0.15, 0.2) is 75.6 Å². The molecule has 2 heterocycles. The van der Waals surface area contributed by atoms with E-state index in [2.05, 4.69) is 32.9 Å². The molecule has 0 atom stereocenters. The first-order valence-corrected chi connectivity index (χ1v) is 11.9. The van der Waals surface area contributed by atoms with Gasteiger partial charge in [0.2, 0.25) is 5.89 Å². The van der Waals surface area contributed by atoms with Gasteiger partial charge >= 0.3 is 0 Å². The maximum Gasteiger partial charge on any atom is 0.291 e. The average molecular weight is 616 g/mol. The molecule has 0 radical (unpaired) electrons. The second-order valence-electron chi connectivity index (χ2n) is 7.58. The molecular formula is C25H15ClIN3O6. The van der Waals surface area contributed by atoms with Crippen molar-refractivity contribution in [3.8, 4) is 28.5 Å². The van der Waals surface area contributed by atoms with Gasteiger partial charge in [-0.25, -0.2) is 4.98 Å². The number of rotatable bonds is 6. The van der Waals surface area contributed by atoms with Crippen molar-refractivity contribution < 1.29 is 23.3 Å². The van der Waals surface area contributed by atoms with Crippen LogP contribution in [0.2, 0.25) is 5.02 Å². The molecule has 0 unspecified atom stereocenters. The van der Waals surface area contributed by atoms with Crippen LogP contribution in [0.25, 0.3) is 33.9 Å². The summed E-state index contributed by atoms with van der Waals surface area (Å²) >= 11 is 8.48. The highest BCUT2D eigenvalue weighted by atomic mass is 127. The fourth-order valence-corrected chi connectivity index (χ4v) is 4.27. The summed E-state index contributed by atoms with van der Waals surface area (Å²) in [5, 5.41) is 14.7. The Kier molecular flexibility index (Phi) is 6.37. The fourth-order valence-electron chi connectivity index (χ4n) is 3.58. The molecule has 1 amide bonds. The number of halogens is 2. The van der Waals surface area contributed by atoms with Gasteiger partial charge in [0.15, 0.2) is 11.3 Å². The number of nitrogens with zero attached hydrogens (tertiary/aromatic N) is 2. The molecule has 2 aromatic heterocycles. The highest BCUT2D eigenvalue weighted by Gasteiger charge is 2.21. The van der Waals surface area contributed by atoms with E-state index < -0.39 is 10.8 Å². The zero-order valence-electron chi connectivity index (χ0n) is 18.5. The van der Waals surface area contributed by atoms with Crippen molar-refractivity contribution in [3.63, 3.8) is 0 Å². The zero-order chi connectivity index (χ0) is 25.4. The fraction of sp³-hybridized carbons (Fsp3) is 0.0400.